The maximum Gasteiger partial charge on any atom is 0.193 e. The van der Waals surface area contributed by atoms with Crippen molar-refractivity contribution in [2.24, 2.45) is 61.0 Å². The van der Waals surface area contributed by atoms with Crippen LogP contribution in [-0.2, 0) is 103 Å². The van der Waals surface area contributed by atoms with Crippen LogP contribution in [0.5, 0.6) is 0 Å². The van der Waals surface area contributed by atoms with Gasteiger partial charge in [-0.05, 0) is 26.1 Å². The molecular formula is C16H27N12OS3Y3-3. The Labute approximate surface area is 294 Å². The first kappa shape index (κ1) is 44.9. The minimum atomic E-state index is -0.104. The van der Waals surface area contributed by atoms with Crippen molar-refractivity contribution < 1.29 is 103 Å². The van der Waals surface area contributed by atoms with Crippen LogP contribution in [0.2, 0.25) is 0 Å². The fourth-order valence-corrected chi connectivity index (χ4v) is 2.38. The number of aliphatic imine (C=N–C) groups is 3. The van der Waals surface area contributed by atoms with Gasteiger partial charge in [0.05, 0.1) is 10.3 Å². The molecule has 0 aliphatic heterocycles. The van der Waals surface area contributed by atoms with Gasteiger partial charge >= 0.3 is 0 Å². The van der Waals surface area contributed by atoms with E-state index in [0.29, 0.717) is 10.3 Å². The number of nitrogens with two attached hydrogens (primary N) is 7. The number of hydrogen-bond acceptors (Lipinski definition) is 8. The molecule has 0 fully saturated rings. The van der Waals surface area contributed by atoms with Crippen molar-refractivity contribution in [2.75, 3.05) is 0 Å². The van der Waals surface area contributed by atoms with Crippen LogP contribution in [-0.4, -0.2) is 39.2 Å². The quantitative estimate of drug-likeness (QED) is 0.0912. The SMILES string of the molecule is CC(C)[C-]=O.Cc1[c-]nc(N=C(N)N)s1.Cc1[c-]nc(N=C(N)N)s1.NC(=S)N=C(N)N.[Y].[Y].[Y]. The van der Waals surface area contributed by atoms with Crippen molar-refractivity contribution in [3.63, 3.8) is 0 Å². The largest absolute Gasteiger partial charge is 0.542 e. The molecule has 14 N–H and O–H groups in total. The fourth-order valence-electron chi connectivity index (χ4n) is 1.06. The average Bonchev–Trinajstić information content (AvgIpc) is 3.22. The Hall–Kier alpha value is -0.0583. The number of thiocarbonyl (C=S) groups is 1. The van der Waals surface area contributed by atoms with Gasteiger partial charge in [-0.3, -0.25) is 16.3 Å². The smallest absolute Gasteiger partial charge is 0.193 e. The summed E-state index contributed by atoms with van der Waals surface area (Å²) in [5, 5.41) is 1.06. The van der Waals surface area contributed by atoms with Crippen LogP contribution in [0, 0.1) is 32.2 Å². The molecule has 0 aromatic carbocycles. The second kappa shape index (κ2) is 27.0. The zero-order valence-corrected chi connectivity index (χ0v) is 30.7. The molecule has 0 bridgehead atoms. The molecule has 0 atom stereocenters. The first-order valence-electron chi connectivity index (χ1n) is 8.42. The van der Waals surface area contributed by atoms with Crippen LogP contribution in [0.15, 0.2) is 15.0 Å². The maximum absolute atomic E-state index is 9.38. The Morgan fingerprint density at radius 2 is 1.14 bits per heavy atom. The second-order valence-electron chi connectivity index (χ2n) is 5.55. The molecule has 0 amide bonds. The number of guanidine groups is 3. The minimum absolute atomic E-state index is 0. The summed E-state index contributed by atoms with van der Waals surface area (Å²) in [6.07, 6.45) is 7.23. The van der Waals surface area contributed by atoms with Gasteiger partial charge in [0, 0.05) is 98.1 Å². The first-order chi connectivity index (χ1) is 14.8. The van der Waals surface area contributed by atoms with E-state index in [1.165, 1.54) is 22.7 Å². The Bertz CT molecular complexity index is 866. The third kappa shape index (κ3) is 33.9. The van der Waals surface area contributed by atoms with Gasteiger partial charge < -0.3 is 54.9 Å². The van der Waals surface area contributed by atoms with Crippen LogP contribution < -0.4 is 40.1 Å². The van der Waals surface area contributed by atoms with Crippen molar-refractivity contribution in [1.82, 2.24) is 9.97 Å². The third-order valence-electron chi connectivity index (χ3n) is 2.03. The summed E-state index contributed by atoms with van der Waals surface area (Å²) >= 11 is 7.11. The van der Waals surface area contributed by atoms with Gasteiger partial charge in [0.15, 0.2) is 23.0 Å². The molecule has 0 saturated carbocycles. The molecule has 0 unspecified atom stereocenters. The van der Waals surface area contributed by atoms with Crippen molar-refractivity contribution in [3.8, 4) is 0 Å². The van der Waals surface area contributed by atoms with E-state index in [2.05, 4.69) is 49.6 Å². The van der Waals surface area contributed by atoms with E-state index in [0.717, 1.165) is 9.75 Å². The van der Waals surface area contributed by atoms with Crippen molar-refractivity contribution in [1.29, 1.82) is 0 Å². The Morgan fingerprint density at radius 3 is 1.26 bits per heavy atom. The number of aromatic nitrogens is 2. The average molecular weight is 766 g/mol. The number of aryl methyl sites for hydroxylation is 2. The molecule has 0 saturated heterocycles. The molecule has 187 valence electrons. The zero-order valence-electron chi connectivity index (χ0n) is 19.7. The summed E-state index contributed by atoms with van der Waals surface area (Å²) in [5.74, 6) is 0.0352. The number of hydrogen-bond donors (Lipinski definition) is 7. The van der Waals surface area contributed by atoms with Crippen LogP contribution in [0.3, 0.4) is 0 Å². The van der Waals surface area contributed by atoms with Crippen LogP contribution in [0.1, 0.15) is 23.6 Å². The van der Waals surface area contributed by atoms with Gasteiger partial charge in [0.2, 0.25) is 0 Å². The predicted molar refractivity (Wildman–Crippen MR) is 135 cm³/mol. The molecule has 19 heteroatoms. The third-order valence-corrected chi connectivity index (χ3v) is 3.65. The fraction of sp³-hybridized carbons (Fsp3) is 0.312. The molecule has 0 aliphatic carbocycles. The van der Waals surface area contributed by atoms with Crippen LogP contribution >= 0.6 is 34.9 Å². The van der Waals surface area contributed by atoms with Gasteiger partial charge in [-0.25, -0.2) is 22.7 Å². The van der Waals surface area contributed by atoms with Gasteiger partial charge in [-0.1, -0.05) is 23.6 Å². The molecule has 35 heavy (non-hydrogen) atoms. The van der Waals surface area contributed by atoms with Crippen molar-refractivity contribution in [2.45, 2.75) is 27.7 Å². The molecule has 2 heterocycles. The van der Waals surface area contributed by atoms with E-state index in [1.54, 1.807) is 20.1 Å². The van der Waals surface area contributed by atoms with Crippen molar-refractivity contribution in [3.05, 3.63) is 22.1 Å². The number of rotatable bonds is 3. The summed E-state index contributed by atoms with van der Waals surface area (Å²) < 4.78 is 0. The molecular weight excluding hydrogens is 739 g/mol. The van der Waals surface area contributed by atoms with Gasteiger partial charge in [0.1, 0.15) is 0 Å². The van der Waals surface area contributed by atoms with E-state index in [1.807, 2.05) is 13.8 Å². The molecule has 2 rings (SSSR count). The van der Waals surface area contributed by atoms with Gasteiger partial charge in [-0.15, -0.1) is 18.3 Å². The number of thiazole rings is 2. The number of nitrogens with zero attached hydrogens (tertiary/aromatic N) is 5. The first-order valence-corrected chi connectivity index (χ1v) is 10.5. The topological polar surface area (TPSA) is 262 Å². The van der Waals surface area contributed by atoms with Crippen LogP contribution in [0.25, 0.3) is 0 Å². The summed E-state index contributed by atoms with van der Waals surface area (Å²) in [6, 6.07) is 0. The summed E-state index contributed by atoms with van der Waals surface area (Å²) in [6.45, 7) is 7.38. The van der Waals surface area contributed by atoms with E-state index < -0.39 is 0 Å². The normalized spacial score (nSPS) is 8.03. The van der Waals surface area contributed by atoms with Gasteiger partial charge in [-0.2, -0.15) is 4.99 Å². The number of carbonyl (C=O) groups excluding carboxylic acids is 1. The summed E-state index contributed by atoms with van der Waals surface area (Å²) in [5.41, 5.74) is 35.0. The summed E-state index contributed by atoms with van der Waals surface area (Å²) in [4.78, 5) is 29.6. The monoisotopic (exact) mass is 766 g/mol. The minimum Gasteiger partial charge on any atom is -0.542 e. The van der Waals surface area contributed by atoms with Crippen LogP contribution in [0.4, 0.5) is 10.3 Å². The van der Waals surface area contributed by atoms with E-state index in [9.17, 15) is 4.79 Å². The van der Waals surface area contributed by atoms with E-state index in [-0.39, 0.29) is 127 Å². The second-order valence-corrected chi connectivity index (χ2v) is 8.33. The van der Waals surface area contributed by atoms with Crippen molar-refractivity contribution >= 4 is 74.4 Å². The van der Waals surface area contributed by atoms with E-state index in [4.69, 9.17) is 40.1 Å². The molecule has 0 aliphatic rings. The molecule has 3 radical (unpaired) electrons. The standard InChI is InChI=1S/2C5H7N4S.C4H7O.C2H6N4S.3Y/c2*1-3-2-8-5(10-3)9-4(6)7;1-4(2)3-5;3-1(4)6-2(5)7;;;/h2*1H3,(H4,6,7,8,9);4H,1-2H3;(H6,3,4,5,6,7);;;/q3*-1;;;;. The maximum atomic E-state index is 9.38. The summed E-state index contributed by atoms with van der Waals surface area (Å²) in [7, 11) is 0. The molecule has 0 spiro atoms. The van der Waals surface area contributed by atoms with E-state index >= 15 is 0 Å². The van der Waals surface area contributed by atoms with Gasteiger partial charge in [0.25, 0.3) is 0 Å². The zero-order chi connectivity index (χ0) is 25.3. The molecule has 13 nitrogen and oxygen atoms in total. The Kier molecular flexibility index (Phi) is 34.6. The molecule has 2 aromatic rings. The molecule has 2 aromatic heterocycles. The Balaban J connectivity index is -0.000000115. The Morgan fingerprint density at radius 1 is 0.829 bits per heavy atom. The predicted octanol–water partition coefficient (Wildman–Crippen LogP) is -0.439.